The molecule has 0 atom stereocenters. The zero-order valence-electron chi connectivity index (χ0n) is 12.3. The number of aryl methyl sites for hydroxylation is 1. The average Bonchev–Trinajstić information content (AvgIpc) is 2.37. The summed E-state index contributed by atoms with van der Waals surface area (Å²) in [4.78, 5) is 26.6. The summed E-state index contributed by atoms with van der Waals surface area (Å²) < 4.78 is 0. The van der Waals surface area contributed by atoms with Crippen LogP contribution in [0.25, 0.3) is 0 Å². The van der Waals surface area contributed by atoms with Crippen LogP contribution in [0.5, 0.6) is 0 Å². The molecule has 0 saturated heterocycles. The zero-order chi connectivity index (χ0) is 15.3. The van der Waals surface area contributed by atoms with E-state index in [0.717, 1.165) is 12.1 Å². The fourth-order valence-corrected chi connectivity index (χ4v) is 1.61. The lowest BCUT2D eigenvalue weighted by Crippen LogP contribution is -2.36. The Morgan fingerprint density at radius 1 is 1.20 bits per heavy atom. The van der Waals surface area contributed by atoms with Crippen LogP contribution < -0.4 is 5.32 Å². The van der Waals surface area contributed by atoms with Crippen LogP contribution in [0.3, 0.4) is 0 Å². The van der Waals surface area contributed by atoms with Crippen molar-refractivity contribution in [2.75, 3.05) is 39.5 Å². The molecule has 0 bridgehead atoms. The number of anilines is 1. The van der Waals surface area contributed by atoms with E-state index >= 15 is 0 Å². The Morgan fingerprint density at radius 3 is 2.40 bits per heavy atom. The van der Waals surface area contributed by atoms with E-state index in [-0.39, 0.29) is 11.6 Å². The van der Waals surface area contributed by atoms with Crippen LogP contribution in [0.4, 0.5) is 10.5 Å². The highest BCUT2D eigenvalue weighted by molar-refractivity contribution is 6.00. The SMILES string of the molecule is Cc1ccc(NC(=O)N(C)CCN(C)C)c(C(=O)O)c1. The number of urea groups is 1. The van der Waals surface area contributed by atoms with Crippen molar-refractivity contribution < 1.29 is 14.7 Å². The predicted molar refractivity (Wildman–Crippen MR) is 78.3 cm³/mol. The molecule has 6 nitrogen and oxygen atoms in total. The van der Waals surface area contributed by atoms with E-state index < -0.39 is 5.97 Å². The van der Waals surface area contributed by atoms with Crippen LogP contribution in [0.15, 0.2) is 18.2 Å². The van der Waals surface area contributed by atoms with Gasteiger partial charge >= 0.3 is 12.0 Å². The number of benzene rings is 1. The summed E-state index contributed by atoms with van der Waals surface area (Å²) in [6.45, 7) is 3.11. The van der Waals surface area contributed by atoms with Crippen molar-refractivity contribution in [3.8, 4) is 0 Å². The molecule has 0 heterocycles. The van der Waals surface area contributed by atoms with Crippen molar-refractivity contribution in [2.24, 2.45) is 0 Å². The van der Waals surface area contributed by atoms with Gasteiger partial charge in [0.2, 0.25) is 0 Å². The van der Waals surface area contributed by atoms with Gasteiger partial charge in [-0.25, -0.2) is 9.59 Å². The standard InChI is InChI=1S/C14H21N3O3/c1-10-5-6-12(11(9-10)13(18)19)15-14(20)17(4)8-7-16(2)3/h5-6,9H,7-8H2,1-4H3,(H,15,20)(H,18,19). The molecule has 20 heavy (non-hydrogen) atoms. The molecule has 0 radical (unpaired) electrons. The van der Waals surface area contributed by atoms with Gasteiger partial charge in [-0.05, 0) is 33.2 Å². The number of aromatic carboxylic acids is 1. The maximum atomic E-state index is 12.0. The van der Waals surface area contributed by atoms with Crippen LogP contribution in [0.2, 0.25) is 0 Å². The average molecular weight is 279 g/mol. The number of hydrogen-bond acceptors (Lipinski definition) is 3. The monoisotopic (exact) mass is 279 g/mol. The summed E-state index contributed by atoms with van der Waals surface area (Å²) in [6.07, 6.45) is 0. The van der Waals surface area contributed by atoms with Crippen molar-refractivity contribution in [1.82, 2.24) is 9.80 Å². The first-order valence-electron chi connectivity index (χ1n) is 6.32. The van der Waals surface area contributed by atoms with Crippen molar-refractivity contribution in [3.05, 3.63) is 29.3 Å². The van der Waals surface area contributed by atoms with Gasteiger partial charge in [-0.15, -0.1) is 0 Å². The normalized spacial score (nSPS) is 10.4. The summed E-state index contributed by atoms with van der Waals surface area (Å²) in [7, 11) is 5.52. The van der Waals surface area contributed by atoms with Gasteiger partial charge in [0, 0.05) is 20.1 Å². The lowest BCUT2D eigenvalue weighted by molar-refractivity contribution is 0.0698. The van der Waals surface area contributed by atoms with Gasteiger partial charge in [-0.2, -0.15) is 0 Å². The fraction of sp³-hybridized carbons (Fsp3) is 0.429. The van der Waals surface area contributed by atoms with Crippen molar-refractivity contribution in [1.29, 1.82) is 0 Å². The topological polar surface area (TPSA) is 72.9 Å². The van der Waals surface area contributed by atoms with Gasteiger partial charge in [0.25, 0.3) is 0 Å². The van der Waals surface area contributed by atoms with E-state index in [1.54, 1.807) is 26.1 Å². The molecule has 0 spiro atoms. The molecule has 1 aromatic carbocycles. The van der Waals surface area contributed by atoms with Crippen LogP contribution in [-0.4, -0.2) is 61.1 Å². The molecule has 0 aliphatic carbocycles. The lowest BCUT2D eigenvalue weighted by Gasteiger charge is -2.20. The molecule has 2 amide bonds. The Balaban J connectivity index is 2.77. The highest BCUT2D eigenvalue weighted by Crippen LogP contribution is 2.17. The fourth-order valence-electron chi connectivity index (χ4n) is 1.61. The second-order valence-corrected chi connectivity index (χ2v) is 5.01. The first-order chi connectivity index (χ1) is 9.31. The number of carbonyl (C=O) groups excluding carboxylic acids is 1. The molecule has 0 aromatic heterocycles. The van der Waals surface area contributed by atoms with Crippen LogP contribution in [-0.2, 0) is 0 Å². The predicted octanol–water partition coefficient (Wildman–Crippen LogP) is 1.72. The number of nitrogens with zero attached hydrogens (tertiary/aromatic N) is 2. The number of nitrogens with one attached hydrogen (secondary N) is 1. The zero-order valence-corrected chi connectivity index (χ0v) is 12.3. The van der Waals surface area contributed by atoms with Gasteiger partial charge in [0.05, 0.1) is 11.3 Å². The molecule has 0 aliphatic rings. The number of carboxylic acids is 1. The summed E-state index contributed by atoms with van der Waals surface area (Å²) in [5.41, 5.74) is 1.24. The second-order valence-electron chi connectivity index (χ2n) is 5.01. The minimum absolute atomic E-state index is 0.0966. The van der Waals surface area contributed by atoms with Gasteiger partial charge in [0.1, 0.15) is 0 Å². The van der Waals surface area contributed by atoms with E-state index in [2.05, 4.69) is 5.32 Å². The molecule has 1 aromatic rings. The number of rotatable bonds is 5. The molecule has 2 N–H and O–H groups in total. The van der Waals surface area contributed by atoms with Crippen LogP contribution in [0, 0.1) is 6.92 Å². The molecule has 0 saturated carbocycles. The van der Waals surface area contributed by atoms with Crippen molar-refractivity contribution in [2.45, 2.75) is 6.92 Å². The maximum Gasteiger partial charge on any atom is 0.337 e. The molecule has 0 fully saturated rings. The Morgan fingerprint density at radius 2 is 1.85 bits per heavy atom. The van der Waals surface area contributed by atoms with Crippen LogP contribution >= 0.6 is 0 Å². The first kappa shape index (κ1) is 16.0. The Hall–Kier alpha value is -2.08. The number of amides is 2. The van der Waals surface area contributed by atoms with Crippen molar-refractivity contribution in [3.63, 3.8) is 0 Å². The Bertz CT molecular complexity index is 500. The van der Waals surface area contributed by atoms with Crippen LogP contribution in [0.1, 0.15) is 15.9 Å². The van der Waals surface area contributed by atoms with E-state index in [4.69, 9.17) is 5.11 Å². The molecular formula is C14H21N3O3. The maximum absolute atomic E-state index is 12.0. The molecule has 110 valence electrons. The highest BCUT2D eigenvalue weighted by Gasteiger charge is 2.15. The molecular weight excluding hydrogens is 258 g/mol. The molecule has 0 aliphatic heterocycles. The van der Waals surface area contributed by atoms with Gasteiger partial charge in [0.15, 0.2) is 0 Å². The number of carbonyl (C=O) groups is 2. The van der Waals surface area contributed by atoms with Crippen molar-refractivity contribution >= 4 is 17.7 Å². The Kier molecular flexibility index (Phi) is 5.52. The number of carboxylic acid groups (broad SMARTS) is 1. The quantitative estimate of drug-likeness (QED) is 0.860. The highest BCUT2D eigenvalue weighted by atomic mass is 16.4. The largest absolute Gasteiger partial charge is 0.478 e. The van der Waals surface area contributed by atoms with E-state index in [0.29, 0.717) is 12.2 Å². The second kappa shape index (κ2) is 6.91. The minimum Gasteiger partial charge on any atom is -0.478 e. The van der Waals surface area contributed by atoms with Gasteiger partial charge in [-0.3, -0.25) is 0 Å². The number of likely N-dealkylation sites (N-methyl/N-ethyl adjacent to an activating group) is 2. The first-order valence-corrected chi connectivity index (χ1v) is 6.32. The minimum atomic E-state index is -1.06. The lowest BCUT2D eigenvalue weighted by atomic mass is 10.1. The summed E-state index contributed by atoms with van der Waals surface area (Å²) in [6, 6.07) is 4.59. The third-order valence-electron chi connectivity index (χ3n) is 2.88. The van der Waals surface area contributed by atoms with E-state index in [1.807, 2.05) is 19.0 Å². The third kappa shape index (κ3) is 4.55. The summed E-state index contributed by atoms with van der Waals surface area (Å²) in [5, 5.41) is 11.8. The summed E-state index contributed by atoms with van der Waals surface area (Å²) >= 11 is 0. The third-order valence-corrected chi connectivity index (χ3v) is 2.88. The molecule has 6 heteroatoms. The Labute approximate surface area is 119 Å². The van der Waals surface area contributed by atoms with Gasteiger partial charge < -0.3 is 20.2 Å². The van der Waals surface area contributed by atoms with Gasteiger partial charge in [-0.1, -0.05) is 11.6 Å². The van der Waals surface area contributed by atoms with E-state index in [1.165, 1.54) is 11.0 Å². The summed E-state index contributed by atoms with van der Waals surface area (Å²) in [5.74, 6) is -1.06. The molecule has 0 unspecified atom stereocenters. The molecule has 1 rings (SSSR count). The smallest absolute Gasteiger partial charge is 0.337 e. The van der Waals surface area contributed by atoms with E-state index in [9.17, 15) is 9.59 Å². The number of hydrogen-bond donors (Lipinski definition) is 2.